The minimum atomic E-state index is -0.123. The molecule has 2 aliphatic rings. The van der Waals surface area contributed by atoms with Crippen molar-refractivity contribution in [3.63, 3.8) is 0 Å². The summed E-state index contributed by atoms with van der Waals surface area (Å²) in [6.07, 6.45) is 0. The van der Waals surface area contributed by atoms with Crippen molar-refractivity contribution in [2.24, 2.45) is 0 Å². The predicted molar refractivity (Wildman–Crippen MR) is 237 cm³/mol. The summed E-state index contributed by atoms with van der Waals surface area (Å²) in [5, 5.41) is 0. The Labute approximate surface area is 331 Å². The van der Waals surface area contributed by atoms with E-state index in [0.717, 1.165) is 11.4 Å². The average molecular weight is 720 g/mol. The van der Waals surface area contributed by atoms with Crippen LogP contribution in [0.1, 0.15) is 55.5 Å². The molecule has 0 radical (unpaired) electrons. The van der Waals surface area contributed by atoms with E-state index < -0.39 is 0 Å². The van der Waals surface area contributed by atoms with Gasteiger partial charge in [-0.1, -0.05) is 173 Å². The lowest BCUT2D eigenvalue weighted by molar-refractivity contribution is 0.660. The zero-order chi connectivity index (χ0) is 38.2. The lowest BCUT2D eigenvalue weighted by Gasteiger charge is -2.32. The predicted octanol–water partition coefficient (Wildman–Crippen LogP) is 15.1. The topological polar surface area (TPSA) is 3.24 Å². The Balaban J connectivity index is 1.20. The van der Waals surface area contributed by atoms with Crippen LogP contribution in [0.4, 0.5) is 17.1 Å². The van der Waals surface area contributed by atoms with Crippen LogP contribution in [0.3, 0.4) is 0 Å². The first kappa shape index (κ1) is 34.1. The fraction of sp³-hybridized carbons (Fsp3) is 0.127. The highest BCUT2D eigenvalue weighted by Gasteiger charge is 2.38. The molecule has 0 saturated heterocycles. The third-order valence-electron chi connectivity index (χ3n) is 12.6. The van der Waals surface area contributed by atoms with Gasteiger partial charge in [0.2, 0.25) is 0 Å². The van der Waals surface area contributed by atoms with Crippen LogP contribution >= 0.6 is 0 Å². The minimum Gasteiger partial charge on any atom is -0.310 e. The van der Waals surface area contributed by atoms with Gasteiger partial charge in [0, 0.05) is 27.8 Å². The number of benzene rings is 8. The Morgan fingerprint density at radius 1 is 0.321 bits per heavy atom. The largest absolute Gasteiger partial charge is 0.310 e. The van der Waals surface area contributed by atoms with Gasteiger partial charge < -0.3 is 4.90 Å². The molecule has 0 amide bonds. The van der Waals surface area contributed by atoms with E-state index in [2.05, 4.69) is 222 Å². The Morgan fingerprint density at radius 2 is 0.732 bits per heavy atom. The van der Waals surface area contributed by atoms with E-state index >= 15 is 0 Å². The van der Waals surface area contributed by atoms with E-state index in [1.54, 1.807) is 0 Å². The summed E-state index contributed by atoms with van der Waals surface area (Å²) in [5.74, 6) is 0. The van der Waals surface area contributed by atoms with Crippen molar-refractivity contribution in [1.82, 2.24) is 0 Å². The minimum absolute atomic E-state index is 0.123. The summed E-state index contributed by atoms with van der Waals surface area (Å²) in [4.78, 5) is 2.54. The molecule has 0 spiro atoms. The maximum atomic E-state index is 2.54. The molecule has 0 atom stereocenters. The summed E-state index contributed by atoms with van der Waals surface area (Å²) in [5.41, 5.74) is 22.6. The number of hydrogen-bond donors (Lipinski definition) is 0. The van der Waals surface area contributed by atoms with Gasteiger partial charge in [0.1, 0.15) is 0 Å². The van der Waals surface area contributed by atoms with Crippen LogP contribution < -0.4 is 4.90 Å². The van der Waals surface area contributed by atoms with Crippen LogP contribution in [0.2, 0.25) is 0 Å². The van der Waals surface area contributed by atoms with Gasteiger partial charge in [-0.3, -0.25) is 0 Å². The summed E-state index contributed by atoms with van der Waals surface area (Å²) in [7, 11) is 0. The van der Waals surface area contributed by atoms with E-state index in [0.29, 0.717) is 0 Å². The number of fused-ring (bicyclic) bond motifs is 6. The molecular weight excluding hydrogens is 675 g/mol. The fourth-order valence-corrected chi connectivity index (χ4v) is 9.64. The van der Waals surface area contributed by atoms with Gasteiger partial charge in [0.25, 0.3) is 0 Å². The maximum absolute atomic E-state index is 2.54. The van der Waals surface area contributed by atoms with Gasteiger partial charge >= 0.3 is 0 Å². The van der Waals surface area contributed by atoms with E-state index in [1.807, 2.05) is 0 Å². The Hall–Kier alpha value is -6.44. The lowest BCUT2D eigenvalue weighted by atomic mass is 9.82. The third kappa shape index (κ3) is 5.29. The molecule has 10 rings (SSSR count). The highest BCUT2D eigenvalue weighted by atomic mass is 15.1. The molecule has 0 aliphatic heterocycles. The maximum Gasteiger partial charge on any atom is 0.0569 e. The smallest absolute Gasteiger partial charge is 0.0569 e. The molecule has 0 heterocycles. The second kappa shape index (κ2) is 12.8. The molecule has 0 fully saturated rings. The van der Waals surface area contributed by atoms with Gasteiger partial charge in [-0.2, -0.15) is 0 Å². The molecule has 270 valence electrons. The highest BCUT2D eigenvalue weighted by molar-refractivity contribution is 5.95. The van der Waals surface area contributed by atoms with Crippen molar-refractivity contribution in [2.45, 2.75) is 45.4 Å². The fourth-order valence-electron chi connectivity index (χ4n) is 9.64. The highest BCUT2D eigenvalue weighted by Crippen LogP contribution is 2.54. The van der Waals surface area contributed by atoms with Crippen LogP contribution in [-0.4, -0.2) is 0 Å². The van der Waals surface area contributed by atoms with E-state index in [-0.39, 0.29) is 10.8 Å². The Kier molecular flexibility index (Phi) is 7.80. The number of nitrogens with zero attached hydrogens (tertiary/aromatic N) is 1. The van der Waals surface area contributed by atoms with Gasteiger partial charge in [0.15, 0.2) is 0 Å². The van der Waals surface area contributed by atoms with E-state index in [4.69, 9.17) is 0 Å². The number of rotatable bonds is 6. The second-order valence-electron chi connectivity index (χ2n) is 16.6. The Bertz CT molecular complexity index is 2680. The molecule has 8 aromatic carbocycles. The quantitative estimate of drug-likeness (QED) is 0.165. The molecule has 56 heavy (non-hydrogen) atoms. The molecule has 0 unspecified atom stereocenters. The monoisotopic (exact) mass is 719 g/mol. The zero-order valence-corrected chi connectivity index (χ0v) is 32.8. The van der Waals surface area contributed by atoms with Gasteiger partial charge in [-0.15, -0.1) is 0 Å². The third-order valence-corrected chi connectivity index (χ3v) is 12.6. The first-order valence-corrected chi connectivity index (χ1v) is 19.8. The van der Waals surface area contributed by atoms with Crippen LogP contribution in [-0.2, 0) is 10.8 Å². The standard InChI is InChI=1S/C55H45N/c1-36-32-41(39-26-24-38(25-27-39)37-16-8-6-9-17-37)33-48(40-18-10-7-11-19-40)53(36)56(42-28-30-46-44-20-12-14-22-49(44)54(2,3)51(46)34-42)43-29-31-47-45-21-13-15-23-50(45)55(4,5)52(47)35-43/h6-35H,1-5H3. The zero-order valence-electron chi connectivity index (χ0n) is 32.8. The molecule has 1 heteroatoms. The molecule has 0 saturated carbocycles. The molecular formula is C55H45N. The summed E-state index contributed by atoms with van der Waals surface area (Å²) >= 11 is 0. The van der Waals surface area contributed by atoms with Crippen molar-refractivity contribution in [3.05, 3.63) is 210 Å². The molecule has 1 nitrogen and oxygen atoms in total. The lowest BCUT2D eigenvalue weighted by Crippen LogP contribution is -2.18. The van der Waals surface area contributed by atoms with Crippen molar-refractivity contribution in [3.8, 4) is 55.6 Å². The summed E-state index contributed by atoms with van der Waals surface area (Å²) in [6, 6.07) is 67.6. The van der Waals surface area contributed by atoms with Crippen molar-refractivity contribution in [2.75, 3.05) is 4.90 Å². The molecule has 8 aromatic rings. The first-order valence-electron chi connectivity index (χ1n) is 19.8. The molecule has 0 bridgehead atoms. The van der Waals surface area contributed by atoms with E-state index in [1.165, 1.54) is 89.1 Å². The van der Waals surface area contributed by atoms with Crippen LogP contribution in [0.15, 0.2) is 182 Å². The SMILES string of the molecule is Cc1cc(-c2ccc(-c3ccccc3)cc2)cc(-c2ccccc2)c1N(c1ccc2c(c1)C(C)(C)c1ccccc1-2)c1ccc2c(c1)C(C)(C)c1ccccc1-2. The summed E-state index contributed by atoms with van der Waals surface area (Å²) < 4.78 is 0. The van der Waals surface area contributed by atoms with Gasteiger partial charge in [-0.25, -0.2) is 0 Å². The van der Waals surface area contributed by atoms with Crippen molar-refractivity contribution < 1.29 is 0 Å². The van der Waals surface area contributed by atoms with Gasteiger partial charge in [-0.05, 0) is 121 Å². The van der Waals surface area contributed by atoms with Crippen LogP contribution in [0.25, 0.3) is 55.6 Å². The number of hydrogen-bond acceptors (Lipinski definition) is 1. The first-order chi connectivity index (χ1) is 27.2. The molecule has 2 aliphatic carbocycles. The van der Waals surface area contributed by atoms with Crippen LogP contribution in [0.5, 0.6) is 0 Å². The van der Waals surface area contributed by atoms with Gasteiger partial charge in [0.05, 0.1) is 5.69 Å². The molecule has 0 aromatic heterocycles. The number of anilines is 3. The number of aryl methyl sites for hydroxylation is 1. The normalized spacial score (nSPS) is 14.1. The summed E-state index contributed by atoms with van der Waals surface area (Å²) in [6.45, 7) is 11.8. The van der Waals surface area contributed by atoms with E-state index in [9.17, 15) is 0 Å². The second-order valence-corrected chi connectivity index (χ2v) is 16.6. The average Bonchev–Trinajstić information content (AvgIpc) is 3.61. The van der Waals surface area contributed by atoms with Crippen molar-refractivity contribution >= 4 is 17.1 Å². The molecule has 0 N–H and O–H groups in total. The van der Waals surface area contributed by atoms with Crippen molar-refractivity contribution in [1.29, 1.82) is 0 Å². The Morgan fingerprint density at radius 3 is 1.25 bits per heavy atom. The van der Waals surface area contributed by atoms with Crippen LogP contribution in [0, 0.1) is 6.92 Å².